The molecule has 0 aliphatic heterocycles. The van der Waals surface area contributed by atoms with Gasteiger partial charge in [-0.1, -0.05) is 143 Å². The van der Waals surface area contributed by atoms with Gasteiger partial charge in [0, 0.05) is 32.9 Å². The Hall–Kier alpha value is -6.12. The zero-order valence-corrected chi connectivity index (χ0v) is 31.1. The van der Waals surface area contributed by atoms with Crippen LogP contribution in [0.15, 0.2) is 164 Å². The Labute approximate surface area is 318 Å². The van der Waals surface area contributed by atoms with Gasteiger partial charge in [-0.15, -0.1) is 0 Å². The predicted octanol–water partition coefficient (Wildman–Crippen LogP) is 14.8. The third kappa shape index (κ3) is 6.22. The van der Waals surface area contributed by atoms with Crippen molar-refractivity contribution >= 4 is 49.7 Å². The molecular formula is C52H46N2. The van der Waals surface area contributed by atoms with Gasteiger partial charge in [0.05, 0.1) is 22.1 Å². The highest BCUT2D eigenvalue weighted by Crippen LogP contribution is 2.39. The third-order valence-electron chi connectivity index (χ3n) is 11.3. The molecular weight excluding hydrogens is 653 g/mol. The van der Waals surface area contributed by atoms with Crippen LogP contribution in [0.1, 0.15) is 56.6 Å². The van der Waals surface area contributed by atoms with Crippen LogP contribution in [0.25, 0.3) is 83.3 Å². The first-order valence-corrected chi connectivity index (χ1v) is 19.7. The van der Waals surface area contributed by atoms with E-state index in [0.29, 0.717) is 0 Å². The molecule has 0 amide bonds. The van der Waals surface area contributed by atoms with Gasteiger partial charge in [-0.3, -0.25) is 0 Å². The van der Waals surface area contributed by atoms with E-state index >= 15 is 0 Å². The number of rotatable bonds is 12. The lowest BCUT2D eigenvalue weighted by Crippen LogP contribution is -1.95. The van der Waals surface area contributed by atoms with Crippen molar-refractivity contribution in [2.45, 2.75) is 51.9 Å². The minimum atomic E-state index is 1.13. The molecule has 2 heterocycles. The molecule has 0 saturated heterocycles. The highest BCUT2D eigenvalue weighted by atomic mass is 15.0. The van der Waals surface area contributed by atoms with Crippen LogP contribution in [0.4, 0.5) is 0 Å². The Morgan fingerprint density at radius 1 is 0.426 bits per heavy atom. The molecule has 264 valence electrons. The SMILES string of the molecule is C=Cc1ccc(-c2ccc3c(c2)c2cc(-c4ccc5c(c4)c4ccccc4n5-c4ccccc4)ccc2n3-c2ccc(CCCCCCCC)cc2)cc1. The molecule has 9 aromatic rings. The number of unbranched alkanes of at least 4 members (excludes halogenated alkanes) is 5. The lowest BCUT2D eigenvalue weighted by atomic mass is 9.99. The number of benzene rings is 7. The van der Waals surface area contributed by atoms with Gasteiger partial charge in [0.15, 0.2) is 0 Å². The molecule has 0 saturated carbocycles. The van der Waals surface area contributed by atoms with Gasteiger partial charge in [0.25, 0.3) is 0 Å². The van der Waals surface area contributed by atoms with Gasteiger partial charge >= 0.3 is 0 Å². The fraction of sp³-hybridized carbons (Fsp3) is 0.154. The number of hydrogen-bond donors (Lipinski definition) is 0. The monoisotopic (exact) mass is 698 g/mol. The molecule has 2 heteroatoms. The standard InChI is InChI=1S/C52H46N2/c1-3-5-6-7-8-10-15-38-22-29-44(30-23-38)54-51-31-26-40(39-24-20-37(4-2)21-25-39)34-47(51)48-36-42(28-33-52(48)54)41-27-32-50-46(35-41)45-18-13-14-19-49(45)53(50)43-16-11-9-12-17-43/h4,9,11-14,16-36H,2-3,5-8,10,15H2,1H3. The molecule has 0 N–H and O–H groups in total. The summed E-state index contributed by atoms with van der Waals surface area (Å²) < 4.78 is 4.83. The summed E-state index contributed by atoms with van der Waals surface area (Å²) in [5.41, 5.74) is 14.7. The average Bonchev–Trinajstić information content (AvgIpc) is 3.74. The number of hydrogen-bond acceptors (Lipinski definition) is 0. The second-order valence-electron chi connectivity index (χ2n) is 14.7. The van der Waals surface area contributed by atoms with Gasteiger partial charge in [-0.2, -0.15) is 0 Å². The Morgan fingerprint density at radius 2 is 0.907 bits per heavy atom. The quantitative estimate of drug-likeness (QED) is 0.112. The van der Waals surface area contributed by atoms with Crippen molar-refractivity contribution in [1.29, 1.82) is 0 Å². The third-order valence-corrected chi connectivity index (χ3v) is 11.3. The van der Waals surface area contributed by atoms with Gasteiger partial charge < -0.3 is 9.13 Å². The van der Waals surface area contributed by atoms with Gasteiger partial charge in [-0.25, -0.2) is 0 Å². The van der Waals surface area contributed by atoms with Crippen LogP contribution in [-0.4, -0.2) is 9.13 Å². The first-order chi connectivity index (χ1) is 26.7. The van der Waals surface area contributed by atoms with E-state index in [1.807, 2.05) is 6.08 Å². The number of aryl methyl sites for hydroxylation is 1. The molecule has 0 spiro atoms. The van der Waals surface area contributed by atoms with E-state index in [0.717, 1.165) is 12.0 Å². The molecule has 2 nitrogen and oxygen atoms in total. The summed E-state index contributed by atoms with van der Waals surface area (Å²) >= 11 is 0. The molecule has 0 fully saturated rings. The smallest absolute Gasteiger partial charge is 0.0541 e. The van der Waals surface area contributed by atoms with Crippen LogP contribution in [0.5, 0.6) is 0 Å². The molecule has 2 aromatic heterocycles. The second-order valence-corrected chi connectivity index (χ2v) is 14.7. The largest absolute Gasteiger partial charge is 0.309 e. The number of nitrogens with zero attached hydrogens (tertiary/aromatic N) is 2. The van der Waals surface area contributed by atoms with Gasteiger partial charge in [-0.05, 0) is 113 Å². The molecule has 54 heavy (non-hydrogen) atoms. The van der Waals surface area contributed by atoms with Crippen molar-refractivity contribution in [3.8, 4) is 33.6 Å². The number of fused-ring (bicyclic) bond motifs is 6. The molecule has 0 aliphatic rings. The normalized spacial score (nSPS) is 11.6. The van der Waals surface area contributed by atoms with Crippen LogP contribution < -0.4 is 0 Å². The highest BCUT2D eigenvalue weighted by Gasteiger charge is 2.17. The Balaban J connectivity index is 1.15. The highest BCUT2D eigenvalue weighted by molar-refractivity contribution is 6.13. The molecule has 0 unspecified atom stereocenters. The average molecular weight is 699 g/mol. The first kappa shape index (κ1) is 33.7. The van der Waals surface area contributed by atoms with Crippen molar-refractivity contribution in [3.05, 3.63) is 175 Å². The van der Waals surface area contributed by atoms with Crippen molar-refractivity contribution < 1.29 is 0 Å². The Morgan fingerprint density at radius 3 is 1.52 bits per heavy atom. The summed E-state index contributed by atoms with van der Waals surface area (Å²) in [6.07, 6.45) is 11.0. The lowest BCUT2D eigenvalue weighted by Gasteiger charge is -2.10. The van der Waals surface area contributed by atoms with Gasteiger partial charge in [0.2, 0.25) is 0 Å². The van der Waals surface area contributed by atoms with Crippen LogP contribution in [0.2, 0.25) is 0 Å². The molecule has 7 aromatic carbocycles. The summed E-state index contributed by atoms with van der Waals surface area (Å²) in [4.78, 5) is 0. The fourth-order valence-corrected chi connectivity index (χ4v) is 8.40. The van der Waals surface area contributed by atoms with Crippen LogP contribution in [-0.2, 0) is 6.42 Å². The zero-order chi connectivity index (χ0) is 36.4. The van der Waals surface area contributed by atoms with E-state index in [1.54, 1.807) is 0 Å². The maximum atomic E-state index is 3.95. The molecule has 0 aliphatic carbocycles. The van der Waals surface area contributed by atoms with E-state index in [-0.39, 0.29) is 0 Å². The molecule has 9 rings (SSSR count). The lowest BCUT2D eigenvalue weighted by molar-refractivity contribution is 0.607. The summed E-state index contributed by atoms with van der Waals surface area (Å²) in [6.45, 7) is 6.23. The summed E-state index contributed by atoms with van der Waals surface area (Å²) in [7, 11) is 0. The summed E-state index contributed by atoms with van der Waals surface area (Å²) in [6, 6.07) is 58.4. The van der Waals surface area contributed by atoms with Crippen LogP contribution in [0.3, 0.4) is 0 Å². The maximum Gasteiger partial charge on any atom is 0.0541 e. The van der Waals surface area contributed by atoms with Crippen molar-refractivity contribution in [3.63, 3.8) is 0 Å². The molecule has 0 radical (unpaired) electrons. The predicted molar refractivity (Wildman–Crippen MR) is 233 cm³/mol. The topological polar surface area (TPSA) is 9.86 Å². The van der Waals surface area contributed by atoms with Gasteiger partial charge in [0.1, 0.15) is 0 Å². The van der Waals surface area contributed by atoms with Crippen molar-refractivity contribution in [2.75, 3.05) is 0 Å². The minimum absolute atomic E-state index is 1.13. The van der Waals surface area contributed by atoms with E-state index < -0.39 is 0 Å². The van der Waals surface area contributed by atoms with Crippen LogP contribution in [0, 0.1) is 0 Å². The maximum absolute atomic E-state index is 3.95. The Kier molecular flexibility index (Phi) is 9.19. The molecule has 0 bridgehead atoms. The Bertz CT molecular complexity index is 2740. The van der Waals surface area contributed by atoms with Crippen LogP contribution >= 0.6 is 0 Å². The fourth-order valence-electron chi connectivity index (χ4n) is 8.40. The number of para-hydroxylation sites is 2. The van der Waals surface area contributed by atoms with E-state index in [2.05, 4.69) is 180 Å². The second kappa shape index (κ2) is 14.7. The van der Waals surface area contributed by atoms with E-state index in [4.69, 9.17) is 0 Å². The molecule has 0 atom stereocenters. The van der Waals surface area contributed by atoms with E-state index in [9.17, 15) is 0 Å². The van der Waals surface area contributed by atoms with Crippen molar-refractivity contribution in [2.24, 2.45) is 0 Å². The van der Waals surface area contributed by atoms with E-state index in [1.165, 1.54) is 121 Å². The summed E-state index contributed by atoms with van der Waals surface area (Å²) in [5.74, 6) is 0. The summed E-state index contributed by atoms with van der Waals surface area (Å²) in [5, 5.41) is 5.05. The first-order valence-electron chi connectivity index (χ1n) is 19.7. The van der Waals surface area contributed by atoms with Crippen molar-refractivity contribution in [1.82, 2.24) is 9.13 Å². The minimum Gasteiger partial charge on any atom is -0.309 e. The number of aromatic nitrogens is 2. The zero-order valence-electron chi connectivity index (χ0n) is 31.1.